The maximum Gasteiger partial charge on any atom is 0.152 e. The Morgan fingerprint density at radius 3 is 2.81 bits per heavy atom. The smallest absolute Gasteiger partial charge is 0.152 e. The number of fused-ring (bicyclic) bond motifs is 1. The van der Waals surface area contributed by atoms with Crippen molar-refractivity contribution in [2.75, 3.05) is 5.32 Å². The second-order valence-electron chi connectivity index (χ2n) is 4.96. The minimum atomic E-state index is -0.664. The highest BCUT2D eigenvalue weighted by Gasteiger charge is 2.12. The molecule has 0 aliphatic heterocycles. The standard InChI is InChI=1S/C15H14F2N4/c1-9(10-7-19-21(2)8-10)20-14-3-4-18-15-12(14)5-11(16)6-13(15)17/h3-9H,1-2H3,(H,18,20). The Kier molecular flexibility index (Phi) is 3.29. The van der Waals surface area contributed by atoms with Crippen LogP contribution in [0.5, 0.6) is 0 Å². The number of anilines is 1. The molecule has 0 spiro atoms. The summed E-state index contributed by atoms with van der Waals surface area (Å²) in [5, 5.41) is 7.78. The first-order valence-electron chi connectivity index (χ1n) is 6.53. The third kappa shape index (κ3) is 2.56. The molecule has 0 aliphatic rings. The zero-order chi connectivity index (χ0) is 15.0. The van der Waals surface area contributed by atoms with Gasteiger partial charge < -0.3 is 5.32 Å². The average Bonchev–Trinajstić information content (AvgIpc) is 2.86. The number of halogens is 2. The lowest BCUT2D eigenvalue weighted by Crippen LogP contribution is -2.06. The Bertz CT molecular complexity index is 797. The molecule has 6 heteroatoms. The molecule has 0 saturated carbocycles. The topological polar surface area (TPSA) is 42.7 Å². The number of hydrogen-bond donors (Lipinski definition) is 1. The molecule has 0 fully saturated rings. The summed E-state index contributed by atoms with van der Waals surface area (Å²) in [6, 6.07) is 3.78. The van der Waals surface area contributed by atoms with Gasteiger partial charge in [-0.15, -0.1) is 0 Å². The van der Waals surface area contributed by atoms with E-state index in [1.807, 2.05) is 20.2 Å². The van der Waals surface area contributed by atoms with E-state index < -0.39 is 11.6 Å². The van der Waals surface area contributed by atoms with Crippen LogP contribution >= 0.6 is 0 Å². The van der Waals surface area contributed by atoms with Gasteiger partial charge >= 0.3 is 0 Å². The van der Waals surface area contributed by atoms with Crippen LogP contribution in [-0.2, 0) is 7.05 Å². The van der Waals surface area contributed by atoms with Crippen molar-refractivity contribution >= 4 is 16.6 Å². The molecule has 2 heterocycles. The van der Waals surface area contributed by atoms with Gasteiger partial charge in [-0.1, -0.05) is 0 Å². The number of pyridine rings is 1. The van der Waals surface area contributed by atoms with Crippen molar-refractivity contribution in [1.82, 2.24) is 14.8 Å². The predicted molar refractivity (Wildman–Crippen MR) is 76.9 cm³/mol. The van der Waals surface area contributed by atoms with Gasteiger partial charge in [0, 0.05) is 42.1 Å². The lowest BCUT2D eigenvalue weighted by atomic mass is 10.1. The molecular weight excluding hydrogens is 274 g/mol. The average molecular weight is 288 g/mol. The van der Waals surface area contributed by atoms with Crippen LogP contribution in [-0.4, -0.2) is 14.8 Å². The number of aromatic nitrogens is 3. The number of nitrogens with zero attached hydrogens (tertiary/aromatic N) is 3. The van der Waals surface area contributed by atoms with Crippen LogP contribution in [0.3, 0.4) is 0 Å². The number of aryl methyl sites for hydroxylation is 1. The summed E-state index contributed by atoms with van der Waals surface area (Å²) < 4.78 is 28.9. The lowest BCUT2D eigenvalue weighted by Gasteiger charge is -2.15. The molecule has 0 amide bonds. The molecule has 21 heavy (non-hydrogen) atoms. The highest BCUT2D eigenvalue weighted by atomic mass is 19.1. The number of nitrogens with one attached hydrogen (secondary N) is 1. The second kappa shape index (κ2) is 5.12. The molecule has 3 aromatic rings. The normalized spacial score (nSPS) is 12.6. The van der Waals surface area contributed by atoms with E-state index in [9.17, 15) is 8.78 Å². The quantitative estimate of drug-likeness (QED) is 0.803. The van der Waals surface area contributed by atoms with Crippen molar-refractivity contribution in [3.63, 3.8) is 0 Å². The van der Waals surface area contributed by atoms with Gasteiger partial charge in [-0.05, 0) is 19.1 Å². The van der Waals surface area contributed by atoms with E-state index >= 15 is 0 Å². The van der Waals surface area contributed by atoms with Gasteiger partial charge in [0.05, 0.1) is 12.2 Å². The largest absolute Gasteiger partial charge is 0.378 e. The van der Waals surface area contributed by atoms with Crippen LogP contribution < -0.4 is 5.32 Å². The highest BCUT2D eigenvalue weighted by Crippen LogP contribution is 2.27. The Labute approximate surface area is 120 Å². The fourth-order valence-corrected chi connectivity index (χ4v) is 2.28. The number of hydrogen-bond acceptors (Lipinski definition) is 3. The van der Waals surface area contributed by atoms with Crippen LogP contribution in [0.4, 0.5) is 14.5 Å². The van der Waals surface area contributed by atoms with E-state index in [1.54, 1.807) is 16.9 Å². The SMILES string of the molecule is CC(Nc1ccnc2c(F)cc(F)cc12)c1cnn(C)c1. The van der Waals surface area contributed by atoms with Crippen molar-refractivity contribution in [1.29, 1.82) is 0 Å². The summed E-state index contributed by atoms with van der Waals surface area (Å²) in [6.07, 6.45) is 5.14. The van der Waals surface area contributed by atoms with Gasteiger partial charge in [0.2, 0.25) is 0 Å². The zero-order valence-electron chi connectivity index (χ0n) is 11.6. The van der Waals surface area contributed by atoms with E-state index in [0.717, 1.165) is 11.6 Å². The minimum Gasteiger partial charge on any atom is -0.378 e. The molecule has 0 bridgehead atoms. The summed E-state index contributed by atoms with van der Waals surface area (Å²) in [5.74, 6) is -1.28. The Hall–Kier alpha value is -2.50. The Balaban J connectivity index is 2.01. The van der Waals surface area contributed by atoms with Crippen molar-refractivity contribution in [2.45, 2.75) is 13.0 Å². The maximum atomic E-state index is 13.7. The highest BCUT2D eigenvalue weighted by molar-refractivity contribution is 5.91. The van der Waals surface area contributed by atoms with Crippen LogP contribution in [0.1, 0.15) is 18.5 Å². The van der Waals surface area contributed by atoms with Crippen LogP contribution in [0, 0.1) is 11.6 Å². The monoisotopic (exact) mass is 288 g/mol. The third-order valence-corrected chi connectivity index (χ3v) is 3.36. The molecule has 0 saturated heterocycles. The lowest BCUT2D eigenvalue weighted by molar-refractivity contribution is 0.590. The summed E-state index contributed by atoms with van der Waals surface area (Å²) >= 11 is 0. The Morgan fingerprint density at radius 1 is 1.29 bits per heavy atom. The molecule has 1 N–H and O–H groups in total. The van der Waals surface area contributed by atoms with Gasteiger partial charge in [-0.25, -0.2) is 8.78 Å². The van der Waals surface area contributed by atoms with Gasteiger partial charge in [-0.2, -0.15) is 5.10 Å². The molecular formula is C15H14F2N4. The van der Waals surface area contributed by atoms with Crippen LogP contribution in [0.15, 0.2) is 36.8 Å². The van der Waals surface area contributed by atoms with Gasteiger partial charge in [0.1, 0.15) is 11.3 Å². The summed E-state index contributed by atoms with van der Waals surface area (Å²) in [4.78, 5) is 3.97. The molecule has 1 aromatic carbocycles. The molecule has 3 rings (SSSR count). The van der Waals surface area contributed by atoms with Gasteiger partial charge in [0.25, 0.3) is 0 Å². The van der Waals surface area contributed by atoms with E-state index in [4.69, 9.17) is 0 Å². The molecule has 4 nitrogen and oxygen atoms in total. The van der Waals surface area contributed by atoms with Crippen LogP contribution in [0.2, 0.25) is 0 Å². The van der Waals surface area contributed by atoms with Crippen molar-refractivity contribution in [2.24, 2.45) is 7.05 Å². The second-order valence-corrected chi connectivity index (χ2v) is 4.96. The molecule has 0 radical (unpaired) electrons. The minimum absolute atomic E-state index is 0.0457. The van der Waals surface area contributed by atoms with Crippen molar-refractivity contribution in [3.05, 3.63) is 54.0 Å². The zero-order valence-corrected chi connectivity index (χ0v) is 11.6. The first kappa shape index (κ1) is 13.5. The van der Waals surface area contributed by atoms with Crippen molar-refractivity contribution < 1.29 is 8.78 Å². The number of benzene rings is 1. The fraction of sp³-hybridized carbons (Fsp3) is 0.200. The van der Waals surface area contributed by atoms with E-state index in [1.165, 1.54) is 12.3 Å². The summed E-state index contributed by atoms with van der Waals surface area (Å²) in [7, 11) is 1.84. The predicted octanol–water partition coefficient (Wildman–Crippen LogP) is 3.42. The summed E-state index contributed by atoms with van der Waals surface area (Å²) in [5.41, 5.74) is 1.77. The third-order valence-electron chi connectivity index (χ3n) is 3.36. The van der Waals surface area contributed by atoms with Crippen LogP contribution in [0.25, 0.3) is 10.9 Å². The molecule has 1 unspecified atom stereocenters. The maximum absolute atomic E-state index is 13.7. The van der Waals surface area contributed by atoms with E-state index in [0.29, 0.717) is 11.1 Å². The summed E-state index contributed by atoms with van der Waals surface area (Å²) in [6.45, 7) is 1.96. The first-order chi connectivity index (χ1) is 10.0. The van der Waals surface area contributed by atoms with Crippen molar-refractivity contribution in [3.8, 4) is 0 Å². The molecule has 1 atom stereocenters. The number of rotatable bonds is 3. The van der Waals surface area contributed by atoms with Gasteiger partial charge in [-0.3, -0.25) is 9.67 Å². The molecule has 0 aliphatic carbocycles. The Morgan fingerprint density at radius 2 is 2.10 bits per heavy atom. The van der Waals surface area contributed by atoms with E-state index in [-0.39, 0.29) is 11.6 Å². The first-order valence-corrected chi connectivity index (χ1v) is 6.53. The van der Waals surface area contributed by atoms with E-state index in [2.05, 4.69) is 15.4 Å². The van der Waals surface area contributed by atoms with Gasteiger partial charge in [0.15, 0.2) is 5.82 Å². The fourth-order valence-electron chi connectivity index (χ4n) is 2.28. The molecule has 2 aromatic heterocycles. The molecule has 108 valence electrons.